The zero-order valence-electron chi connectivity index (χ0n) is 18.2. The minimum atomic E-state index is -0.656. The lowest BCUT2D eigenvalue weighted by Crippen LogP contribution is -2.42. The molecule has 1 aromatic carbocycles. The largest absolute Gasteiger partial charge is 0.481 e. The maximum absolute atomic E-state index is 11.0. The molecule has 7 heteroatoms. The highest BCUT2D eigenvalue weighted by Gasteiger charge is 2.38. The highest BCUT2D eigenvalue weighted by molar-refractivity contribution is 5.67. The zero-order valence-corrected chi connectivity index (χ0v) is 18.2. The predicted molar refractivity (Wildman–Crippen MR) is 123 cm³/mol. The van der Waals surface area contributed by atoms with Gasteiger partial charge in [-0.25, -0.2) is 9.97 Å². The van der Waals surface area contributed by atoms with Crippen molar-refractivity contribution < 1.29 is 9.90 Å². The smallest absolute Gasteiger partial charge is 0.303 e. The summed E-state index contributed by atoms with van der Waals surface area (Å²) in [5, 5.41) is 16.4. The van der Waals surface area contributed by atoms with Crippen LogP contribution in [0.3, 0.4) is 0 Å². The molecule has 2 fully saturated rings. The van der Waals surface area contributed by atoms with Crippen LogP contribution in [0.4, 0.5) is 5.82 Å². The fourth-order valence-corrected chi connectivity index (χ4v) is 5.27. The number of aromatic amines is 1. The summed E-state index contributed by atoms with van der Waals surface area (Å²) in [6.07, 6.45) is 8.96. The number of piperidine rings is 1. The molecule has 1 spiro atoms. The number of hydrogen-bond acceptors (Lipinski definition) is 5. The van der Waals surface area contributed by atoms with Gasteiger partial charge < -0.3 is 10.0 Å². The number of pyridine rings is 1. The van der Waals surface area contributed by atoms with E-state index in [1.54, 1.807) is 0 Å². The van der Waals surface area contributed by atoms with Crippen molar-refractivity contribution in [2.24, 2.45) is 11.3 Å². The number of nitrogens with one attached hydrogen (secondary N) is 1. The van der Waals surface area contributed by atoms with Gasteiger partial charge in [0.1, 0.15) is 5.82 Å². The Labute approximate surface area is 187 Å². The lowest BCUT2D eigenvalue weighted by atomic mass is 9.65. The molecule has 0 unspecified atom stereocenters. The van der Waals surface area contributed by atoms with Crippen molar-refractivity contribution in [1.29, 1.82) is 0 Å². The second kappa shape index (κ2) is 8.73. The number of rotatable bonds is 5. The van der Waals surface area contributed by atoms with Gasteiger partial charge in [0.2, 0.25) is 0 Å². The van der Waals surface area contributed by atoms with E-state index in [0.29, 0.717) is 23.6 Å². The number of nitrogens with zero attached hydrogens (tertiary/aromatic N) is 4. The number of aliphatic carboxylic acids is 1. The molecule has 1 aliphatic carbocycles. The molecule has 2 aromatic heterocycles. The monoisotopic (exact) mass is 431 g/mol. The molecular weight excluding hydrogens is 402 g/mol. The van der Waals surface area contributed by atoms with Crippen molar-refractivity contribution in [3.8, 4) is 22.8 Å². The molecule has 2 aliphatic rings. The number of hydrogen-bond donors (Lipinski definition) is 2. The lowest BCUT2D eigenvalue weighted by molar-refractivity contribution is -0.138. The Morgan fingerprint density at radius 1 is 1.03 bits per heavy atom. The molecule has 7 nitrogen and oxygen atoms in total. The van der Waals surface area contributed by atoms with Crippen molar-refractivity contribution in [1.82, 2.24) is 20.2 Å². The first kappa shape index (κ1) is 20.7. The maximum Gasteiger partial charge on any atom is 0.303 e. The lowest BCUT2D eigenvalue weighted by Gasteiger charge is -2.46. The van der Waals surface area contributed by atoms with E-state index in [4.69, 9.17) is 10.1 Å². The third kappa shape index (κ3) is 4.38. The van der Waals surface area contributed by atoms with Crippen LogP contribution in [0.5, 0.6) is 0 Å². The quantitative estimate of drug-likeness (QED) is 0.603. The molecule has 5 rings (SSSR count). The van der Waals surface area contributed by atoms with E-state index < -0.39 is 5.97 Å². The standard InChI is InChI=1S/C25H29N5O2/c31-22(32)16-18-8-10-25(11-9-18)12-14-30(15-13-25)21-7-6-20(17-26-21)24-27-23(28-29-24)19-4-2-1-3-5-19/h1-7,17-18H,8-16H2,(H,31,32)(H,27,28,29). The van der Waals surface area contributed by atoms with E-state index in [1.807, 2.05) is 42.6 Å². The molecule has 166 valence electrons. The fourth-order valence-electron chi connectivity index (χ4n) is 5.27. The van der Waals surface area contributed by atoms with E-state index in [2.05, 4.69) is 26.1 Å². The second-order valence-electron chi connectivity index (χ2n) is 9.31. The van der Waals surface area contributed by atoms with Gasteiger partial charge in [-0.1, -0.05) is 30.3 Å². The minimum Gasteiger partial charge on any atom is -0.481 e. The Hall–Kier alpha value is -3.22. The predicted octanol–water partition coefficient (Wildman–Crippen LogP) is 4.79. The van der Waals surface area contributed by atoms with Gasteiger partial charge in [0.05, 0.1) is 0 Å². The molecule has 3 heterocycles. The van der Waals surface area contributed by atoms with Crippen LogP contribution in [0.2, 0.25) is 0 Å². The van der Waals surface area contributed by atoms with Crippen LogP contribution in [0.25, 0.3) is 22.8 Å². The maximum atomic E-state index is 11.0. The number of carboxylic acids is 1. The Morgan fingerprint density at radius 3 is 2.44 bits per heavy atom. The molecule has 32 heavy (non-hydrogen) atoms. The number of carboxylic acid groups (broad SMARTS) is 1. The molecule has 0 amide bonds. The highest BCUT2D eigenvalue weighted by atomic mass is 16.4. The first-order valence-electron chi connectivity index (χ1n) is 11.5. The second-order valence-corrected chi connectivity index (χ2v) is 9.31. The van der Waals surface area contributed by atoms with Gasteiger partial charge in [0.15, 0.2) is 11.6 Å². The van der Waals surface area contributed by atoms with Gasteiger partial charge in [0.25, 0.3) is 0 Å². The normalized spacial score (nSPS) is 18.7. The molecule has 1 saturated carbocycles. The molecule has 0 radical (unpaired) electrons. The average Bonchev–Trinajstić information content (AvgIpc) is 3.32. The van der Waals surface area contributed by atoms with Crippen molar-refractivity contribution in [3.63, 3.8) is 0 Å². The number of anilines is 1. The number of carbonyl (C=O) groups is 1. The summed E-state index contributed by atoms with van der Waals surface area (Å²) >= 11 is 0. The van der Waals surface area contributed by atoms with Gasteiger partial charge in [-0.05, 0) is 62.0 Å². The Bertz CT molecular complexity index is 1050. The van der Waals surface area contributed by atoms with Crippen molar-refractivity contribution >= 4 is 11.8 Å². The van der Waals surface area contributed by atoms with Crippen LogP contribution < -0.4 is 4.90 Å². The molecule has 3 aromatic rings. The van der Waals surface area contributed by atoms with Crippen molar-refractivity contribution in [2.75, 3.05) is 18.0 Å². The van der Waals surface area contributed by atoms with E-state index in [1.165, 1.54) is 12.8 Å². The fraction of sp³-hybridized carbons (Fsp3) is 0.440. The van der Waals surface area contributed by atoms with Gasteiger partial charge in [0, 0.05) is 36.8 Å². The van der Waals surface area contributed by atoms with Gasteiger partial charge >= 0.3 is 5.97 Å². The molecule has 1 saturated heterocycles. The SMILES string of the molecule is O=C(O)CC1CCC2(CC1)CCN(c1ccc(-c3n[nH]c(-c4ccccc4)n3)cn1)CC2. The third-order valence-corrected chi connectivity index (χ3v) is 7.32. The first-order chi connectivity index (χ1) is 15.6. The zero-order chi connectivity index (χ0) is 22.0. The highest BCUT2D eigenvalue weighted by Crippen LogP contribution is 2.47. The van der Waals surface area contributed by atoms with Crippen LogP contribution in [0.1, 0.15) is 44.9 Å². The van der Waals surface area contributed by atoms with Gasteiger partial charge in [-0.15, -0.1) is 0 Å². The minimum absolute atomic E-state index is 0.330. The van der Waals surface area contributed by atoms with E-state index in [0.717, 1.165) is 61.5 Å². The summed E-state index contributed by atoms with van der Waals surface area (Å²) in [5.41, 5.74) is 2.31. The summed E-state index contributed by atoms with van der Waals surface area (Å²) in [6, 6.07) is 14.1. The Kier molecular flexibility index (Phi) is 5.64. The van der Waals surface area contributed by atoms with Crippen molar-refractivity contribution in [3.05, 3.63) is 48.7 Å². The molecule has 2 N–H and O–H groups in total. The first-order valence-corrected chi connectivity index (χ1v) is 11.5. The number of benzene rings is 1. The summed E-state index contributed by atoms with van der Waals surface area (Å²) < 4.78 is 0. The Morgan fingerprint density at radius 2 is 1.78 bits per heavy atom. The summed E-state index contributed by atoms with van der Waals surface area (Å²) in [7, 11) is 0. The molecule has 0 atom stereocenters. The topological polar surface area (TPSA) is 95.0 Å². The van der Waals surface area contributed by atoms with Crippen molar-refractivity contribution in [2.45, 2.75) is 44.9 Å². The van der Waals surface area contributed by atoms with E-state index in [9.17, 15) is 4.79 Å². The van der Waals surface area contributed by atoms with Crippen LogP contribution in [-0.4, -0.2) is 44.3 Å². The van der Waals surface area contributed by atoms with Crippen LogP contribution >= 0.6 is 0 Å². The molecular formula is C25H29N5O2. The van der Waals surface area contributed by atoms with E-state index >= 15 is 0 Å². The van der Waals surface area contributed by atoms with Gasteiger partial charge in [-0.3, -0.25) is 9.89 Å². The van der Waals surface area contributed by atoms with Crippen LogP contribution in [0, 0.1) is 11.3 Å². The summed E-state index contributed by atoms with van der Waals surface area (Å²) in [5.74, 6) is 2.12. The van der Waals surface area contributed by atoms with E-state index in [-0.39, 0.29) is 0 Å². The summed E-state index contributed by atoms with van der Waals surface area (Å²) in [4.78, 5) is 22.7. The molecule has 1 aliphatic heterocycles. The van der Waals surface area contributed by atoms with Crippen LogP contribution in [0.15, 0.2) is 48.7 Å². The number of H-pyrrole nitrogens is 1. The van der Waals surface area contributed by atoms with Crippen LogP contribution in [-0.2, 0) is 4.79 Å². The molecule has 0 bridgehead atoms. The average molecular weight is 432 g/mol. The third-order valence-electron chi connectivity index (χ3n) is 7.32. The Balaban J connectivity index is 1.19. The number of aromatic nitrogens is 4. The van der Waals surface area contributed by atoms with Gasteiger partial charge in [-0.2, -0.15) is 5.10 Å². The summed E-state index contributed by atoms with van der Waals surface area (Å²) in [6.45, 7) is 2.02.